The maximum Gasteiger partial charge on any atom is 0.0604 e. The summed E-state index contributed by atoms with van der Waals surface area (Å²) in [6.45, 7) is 4.55. The van der Waals surface area contributed by atoms with Gasteiger partial charge in [0.2, 0.25) is 0 Å². The molecular weight excluding hydrogens is 310 g/mol. The van der Waals surface area contributed by atoms with Gasteiger partial charge in [0, 0.05) is 15.5 Å². The van der Waals surface area contributed by atoms with E-state index in [1.165, 1.54) is 32.4 Å². The maximum atomic E-state index is 2.39. The highest BCUT2D eigenvalue weighted by Gasteiger charge is 2.24. The van der Waals surface area contributed by atoms with E-state index in [2.05, 4.69) is 91.5 Å². The van der Waals surface area contributed by atoms with Crippen molar-refractivity contribution in [3.05, 3.63) is 78.4 Å². The van der Waals surface area contributed by atoms with Crippen molar-refractivity contribution in [1.82, 2.24) is 0 Å². The summed E-state index contributed by atoms with van der Waals surface area (Å²) in [4.78, 5) is 5.03. The topological polar surface area (TPSA) is 3.24 Å². The zero-order valence-electron chi connectivity index (χ0n) is 14.1. The normalized spacial score (nSPS) is 12.9. The van der Waals surface area contributed by atoms with Crippen molar-refractivity contribution in [1.29, 1.82) is 0 Å². The SMILES string of the molecule is CC(C)Cc1ccc2c(c1)N(c1ccccc1)c1ccccc1S2. The molecule has 0 radical (unpaired) electrons. The van der Waals surface area contributed by atoms with Crippen molar-refractivity contribution >= 4 is 28.8 Å². The van der Waals surface area contributed by atoms with Crippen LogP contribution in [0, 0.1) is 5.92 Å². The molecule has 0 saturated carbocycles. The average Bonchev–Trinajstić information content (AvgIpc) is 2.60. The van der Waals surface area contributed by atoms with Crippen molar-refractivity contribution in [3.63, 3.8) is 0 Å². The lowest BCUT2D eigenvalue weighted by atomic mass is 10.0. The molecule has 4 rings (SSSR count). The minimum atomic E-state index is 0.664. The summed E-state index contributed by atoms with van der Waals surface area (Å²) in [6, 6.07) is 26.3. The van der Waals surface area contributed by atoms with Crippen molar-refractivity contribution in [2.75, 3.05) is 4.90 Å². The molecule has 1 nitrogen and oxygen atoms in total. The van der Waals surface area contributed by atoms with E-state index in [1.807, 2.05) is 11.8 Å². The molecule has 0 atom stereocenters. The molecule has 3 aromatic carbocycles. The Morgan fingerprint density at radius 2 is 1.50 bits per heavy atom. The van der Waals surface area contributed by atoms with Gasteiger partial charge in [0.25, 0.3) is 0 Å². The van der Waals surface area contributed by atoms with Gasteiger partial charge in [-0.2, -0.15) is 0 Å². The number of hydrogen-bond acceptors (Lipinski definition) is 2. The fourth-order valence-electron chi connectivity index (χ4n) is 3.25. The van der Waals surface area contributed by atoms with Crippen molar-refractivity contribution in [2.45, 2.75) is 30.1 Å². The first-order chi connectivity index (χ1) is 11.7. The van der Waals surface area contributed by atoms with Gasteiger partial charge in [-0.3, -0.25) is 0 Å². The molecule has 0 unspecified atom stereocenters. The van der Waals surface area contributed by atoms with E-state index in [9.17, 15) is 0 Å². The third kappa shape index (κ3) is 2.83. The summed E-state index contributed by atoms with van der Waals surface area (Å²) in [5.41, 5.74) is 5.18. The minimum absolute atomic E-state index is 0.664. The predicted molar refractivity (Wildman–Crippen MR) is 104 cm³/mol. The number of fused-ring (bicyclic) bond motifs is 2. The van der Waals surface area contributed by atoms with Gasteiger partial charge in [0.05, 0.1) is 11.4 Å². The van der Waals surface area contributed by atoms with Crippen LogP contribution in [0.4, 0.5) is 17.1 Å². The second-order valence-electron chi connectivity index (χ2n) is 6.64. The summed E-state index contributed by atoms with van der Waals surface area (Å²) in [5.74, 6) is 0.664. The summed E-state index contributed by atoms with van der Waals surface area (Å²) in [5, 5.41) is 0. The number of rotatable bonds is 3. The van der Waals surface area contributed by atoms with Gasteiger partial charge in [-0.15, -0.1) is 0 Å². The number of nitrogens with zero attached hydrogens (tertiary/aromatic N) is 1. The molecule has 120 valence electrons. The Bertz CT molecular complexity index is 855. The lowest BCUT2D eigenvalue weighted by Gasteiger charge is -2.33. The molecule has 0 amide bonds. The van der Waals surface area contributed by atoms with E-state index >= 15 is 0 Å². The molecule has 0 aromatic heterocycles. The highest BCUT2D eigenvalue weighted by atomic mass is 32.2. The van der Waals surface area contributed by atoms with Crippen LogP contribution in [0.1, 0.15) is 19.4 Å². The molecule has 1 aliphatic heterocycles. The van der Waals surface area contributed by atoms with Crippen LogP contribution >= 0.6 is 11.8 Å². The molecule has 0 spiro atoms. The molecule has 24 heavy (non-hydrogen) atoms. The summed E-state index contributed by atoms with van der Waals surface area (Å²) < 4.78 is 0. The second-order valence-corrected chi connectivity index (χ2v) is 7.72. The summed E-state index contributed by atoms with van der Waals surface area (Å²) >= 11 is 1.87. The molecule has 2 heteroatoms. The van der Waals surface area contributed by atoms with Gasteiger partial charge in [-0.1, -0.05) is 62.0 Å². The van der Waals surface area contributed by atoms with Crippen LogP contribution in [0.2, 0.25) is 0 Å². The fraction of sp³-hybridized carbons (Fsp3) is 0.182. The van der Waals surface area contributed by atoms with E-state index in [4.69, 9.17) is 0 Å². The van der Waals surface area contributed by atoms with Crippen molar-refractivity contribution in [3.8, 4) is 0 Å². The van der Waals surface area contributed by atoms with E-state index < -0.39 is 0 Å². The highest BCUT2D eigenvalue weighted by molar-refractivity contribution is 7.99. The van der Waals surface area contributed by atoms with E-state index in [-0.39, 0.29) is 0 Å². The highest BCUT2D eigenvalue weighted by Crippen LogP contribution is 2.51. The lowest BCUT2D eigenvalue weighted by molar-refractivity contribution is 0.647. The zero-order chi connectivity index (χ0) is 16.5. The van der Waals surface area contributed by atoms with Crippen LogP contribution < -0.4 is 4.90 Å². The van der Waals surface area contributed by atoms with E-state index in [0.29, 0.717) is 5.92 Å². The first-order valence-corrected chi connectivity index (χ1v) is 9.29. The molecule has 0 aliphatic carbocycles. The zero-order valence-corrected chi connectivity index (χ0v) is 14.9. The van der Waals surface area contributed by atoms with Crippen LogP contribution in [-0.4, -0.2) is 0 Å². The molecular formula is C22H21NS. The quantitative estimate of drug-likeness (QED) is 0.405. The van der Waals surface area contributed by atoms with Crippen molar-refractivity contribution < 1.29 is 0 Å². The number of benzene rings is 3. The Balaban J connectivity index is 1.88. The fourth-order valence-corrected chi connectivity index (χ4v) is 4.29. The van der Waals surface area contributed by atoms with Crippen LogP contribution in [0.5, 0.6) is 0 Å². The van der Waals surface area contributed by atoms with Gasteiger partial charge in [-0.05, 0) is 54.3 Å². The molecule has 0 saturated heterocycles. The van der Waals surface area contributed by atoms with Gasteiger partial charge >= 0.3 is 0 Å². The molecule has 3 aromatic rings. The van der Waals surface area contributed by atoms with E-state index in [0.717, 1.165) is 6.42 Å². The first-order valence-electron chi connectivity index (χ1n) is 8.47. The van der Waals surface area contributed by atoms with Crippen LogP contribution in [0.25, 0.3) is 0 Å². The molecule has 1 heterocycles. The monoisotopic (exact) mass is 331 g/mol. The number of hydrogen-bond donors (Lipinski definition) is 0. The van der Waals surface area contributed by atoms with Crippen molar-refractivity contribution in [2.24, 2.45) is 5.92 Å². The van der Waals surface area contributed by atoms with Crippen LogP contribution in [-0.2, 0) is 6.42 Å². The first kappa shape index (κ1) is 15.3. The second kappa shape index (κ2) is 6.37. The Kier molecular flexibility index (Phi) is 4.07. The molecule has 1 aliphatic rings. The van der Waals surface area contributed by atoms with Gasteiger partial charge in [0.15, 0.2) is 0 Å². The average molecular weight is 331 g/mol. The predicted octanol–water partition coefficient (Wildman–Crippen LogP) is 6.82. The Labute approximate surface area is 148 Å². The molecule has 0 N–H and O–H groups in total. The maximum absolute atomic E-state index is 2.39. The van der Waals surface area contributed by atoms with Gasteiger partial charge in [-0.25, -0.2) is 0 Å². The third-order valence-corrected chi connectivity index (χ3v) is 5.38. The standard InChI is InChI=1S/C22H21NS/c1-16(2)14-17-12-13-22-20(15-17)23(18-8-4-3-5-9-18)19-10-6-7-11-21(19)24-22/h3-13,15-16H,14H2,1-2H3. The third-order valence-electron chi connectivity index (χ3n) is 4.25. The van der Waals surface area contributed by atoms with E-state index in [1.54, 1.807) is 0 Å². The molecule has 0 bridgehead atoms. The minimum Gasteiger partial charge on any atom is -0.308 e. The lowest BCUT2D eigenvalue weighted by Crippen LogP contribution is -2.15. The van der Waals surface area contributed by atoms with Crippen LogP contribution in [0.15, 0.2) is 82.6 Å². The van der Waals surface area contributed by atoms with Gasteiger partial charge in [0.1, 0.15) is 0 Å². The Hall–Kier alpha value is -2.19. The largest absolute Gasteiger partial charge is 0.308 e. The van der Waals surface area contributed by atoms with Gasteiger partial charge < -0.3 is 4.90 Å². The summed E-state index contributed by atoms with van der Waals surface area (Å²) in [7, 11) is 0. The summed E-state index contributed by atoms with van der Waals surface area (Å²) in [6.07, 6.45) is 1.11. The number of anilines is 3. The molecule has 0 fully saturated rings. The number of para-hydroxylation sites is 2. The Morgan fingerprint density at radius 3 is 2.29 bits per heavy atom. The van der Waals surface area contributed by atoms with Crippen LogP contribution in [0.3, 0.4) is 0 Å². The Morgan fingerprint density at radius 1 is 0.792 bits per heavy atom. The smallest absolute Gasteiger partial charge is 0.0604 e.